The van der Waals surface area contributed by atoms with E-state index in [9.17, 15) is 31.2 Å². The van der Waals surface area contributed by atoms with Crippen LogP contribution in [0.15, 0.2) is 36.4 Å². The van der Waals surface area contributed by atoms with Crippen LogP contribution >= 0.6 is 23.2 Å². The number of phenolic OH excluding ortho intramolecular Hbond substituents is 1. The molecular weight excluding hydrogens is 492 g/mol. The van der Waals surface area contributed by atoms with Crippen LogP contribution in [0.2, 0.25) is 10.0 Å². The quantitative estimate of drug-likeness (QED) is 0.374. The molecule has 31 heavy (non-hydrogen) atoms. The lowest BCUT2D eigenvalue weighted by atomic mass is 10.2. The highest BCUT2D eigenvalue weighted by Crippen LogP contribution is 2.32. The lowest BCUT2D eigenvalue weighted by Gasteiger charge is -2.10. The second-order valence-corrected chi connectivity index (χ2v) is 7.63. The van der Waals surface area contributed by atoms with Crippen molar-refractivity contribution >= 4 is 45.3 Å². The Bertz CT molecular complexity index is 1070. The van der Waals surface area contributed by atoms with Gasteiger partial charge in [0.05, 0.1) is 35.4 Å². The van der Waals surface area contributed by atoms with Gasteiger partial charge in [0.25, 0.3) is 0 Å². The molecule has 2 rings (SSSR count). The highest BCUT2D eigenvalue weighted by Gasteiger charge is 2.48. The Hall–Kier alpha value is -2.70. The van der Waals surface area contributed by atoms with Gasteiger partial charge in [0, 0.05) is 0 Å². The third-order valence-corrected chi connectivity index (χ3v) is 4.77. The second-order valence-electron chi connectivity index (χ2n) is 5.28. The predicted molar refractivity (Wildman–Crippen MR) is 103 cm³/mol. The second kappa shape index (κ2) is 10.6. The fourth-order valence-corrected chi connectivity index (χ4v) is 2.65. The molecule has 8 nitrogen and oxygen atoms in total. The molecule has 2 aromatic rings. The van der Waals surface area contributed by atoms with E-state index in [-0.39, 0.29) is 16.3 Å². The van der Waals surface area contributed by atoms with E-state index in [2.05, 4.69) is 13.7 Å². The van der Waals surface area contributed by atoms with E-state index in [0.717, 1.165) is 25.3 Å². The fourth-order valence-electron chi connectivity index (χ4n) is 1.73. The van der Waals surface area contributed by atoms with E-state index < -0.39 is 38.3 Å². The molecule has 0 atom stereocenters. The number of rotatable bonds is 4. The molecule has 0 aliphatic carbocycles. The number of aromatic hydroxyl groups is 1. The third kappa shape index (κ3) is 7.19. The van der Waals surface area contributed by atoms with E-state index in [1.54, 1.807) is 0 Å². The number of halogens is 5. The minimum atomic E-state index is -5.81. The Morgan fingerprint density at radius 1 is 0.903 bits per heavy atom. The summed E-state index contributed by atoms with van der Waals surface area (Å²) in [5, 5.41) is 8.67. The SMILES string of the molecule is COC(=O)c1ccc(O)c(Cl)c1.COC(=O)c1ccc(OS(=O)(=O)C(F)(F)F)c(Cl)c1. The van der Waals surface area contributed by atoms with Crippen LogP contribution in [0.5, 0.6) is 11.5 Å². The number of methoxy groups -OCH3 is 2. The van der Waals surface area contributed by atoms with Crippen molar-refractivity contribution in [3.63, 3.8) is 0 Å². The Balaban J connectivity index is 0.000000343. The van der Waals surface area contributed by atoms with Gasteiger partial charge >= 0.3 is 27.6 Å². The topological polar surface area (TPSA) is 116 Å². The highest BCUT2D eigenvalue weighted by molar-refractivity contribution is 7.88. The molecule has 0 unspecified atom stereocenters. The normalized spacial score (nSPS) is 11.1. The minimum absolute atomic E-state index is 0.0516. The van der Waals surface area contributed by atoms with Crippen LogP contribution in [0, 0.1) is 0 Å². The Labute approximate surface area is 184 Å². The maximum atomic E-state index is 12.1. The zero-order chi connectivity index (χ0) is 24.0. The van der Waals surface area contributed by atoms with Crippen LogP contribution in [0.1, 0.15) is 20.7 Å². The van der Waals surface area contributed by atoms with E-state index in [1.807, 2.05) is 0 Å². The summed E-state index contributed by atoms with van der Waals surface area (Å²) in [6, 6.07) is 6.88. The fraction of sp³-hybridized carbons (Fsp3) is 0.176. The number of hydrogen-bond donors (Lipinski definition) is 1. The summed E-state index contributed by atoms with van der Waals surface area (Å²) in [7, 11) is -3.44. The molecule has 0 aromatic heterocycles. The number of benzene rings is 2. The molecule has 0 saturated heterocycles. The van der Waals surface area contributed by atoms with Gasteiger partial charge in [-0.2, -0.15) is 21.6 Å². The number of phenols is 1. The molecule has 0 aliphatic heterocycles. The van der Waals surface area contributed by atoms with Crippen LogP contribution in [0.4, 0.5) is 13.2 Å². The van der Waals surface area contributed by atoms with Gasteiger partial charge in [-0.1, -0.05) is 23.2 Å². The average Bonchev–Trinajstić information content (AvgIpc) is 2.69. The summed E-state index contributed by atoms with van der Waals surface area (Å²) >= 11 is 11.1. The lowest BCUT2D eigenvalue weighted by molar-refractivity contribution is -0.0500. The summed E-state index contributed by atoms with van der Waals surface area (Å²) in [5.74, 6) is -2.06. The van der Waals surface area contributed by atoms with Crippen LogP contribution in [0.25, 0.3) is 0 Å². The first-order chi connectivity index (χ1) is 14.2. The number of carbonyl (C=O) groups excluding carboxylic acids is 2. The maximum Gasteiger partial charge on any atom is 0.534 e. The summed E-state index contributed by atoms with van der Waals surface area (Å²) < 4.78 is 70.4. The van der Waals surface area contributed by atoms with Crippen LogP contribution in [-0.4, -0.2) is 45.2 Å². The Morgan fingerprint density at radius 2 is 1.35 bits per heavy atom. The zero-order valence-corrected chi connectivity index (χ0v) is 17.9. The van der Waals surface area contributed by atoms with Crippen LogP contribution < -0.4 is 4.18 Å². The zero-order valence-electron chi connectivity index (χ0n) is 15.6. The molecule has 0 bridgehead atoms. The molecule has 0 aliphatic rings. The molecule has 0 saturated carbocycles. The molecule has 0 heterocycles. The molecule has 1 N–H and O–H groups in total. The van der Waals surface area contributed by atoms with Crippen molar-refractivity contribution in [2.24, 2.45) is 0 Å². The number of esters is 2. The van der Waals surface area contributed by atoms with Gasteiger partial charge in [-0.15, -0.1) is 0 Å². The van der Waals surface area contributed by atoms with Gasteiger partial charge in [-0.3, -0.25) is 0 Å². The molecule has 2 aromatic carbocycles. The van der Waals surface area contributed by atoms with Gasteiger partial charge in [0.2, 0.25) is 0 Å². The van der Waals surface area contributed by atoms with E-state index in [0.29, 0.717) is 5.56 Å². The van der Waals surface area contributed by atoms with Crippen molar-refractivity contribution in [3.8, 4) is 11.5 Å². The van der Waals surface area contributed by atoms with Crippen molar-refractivity contribution in [1.29, 1.82) is 0 Å². The number of ether oxygens (including phenoxy) is 2. The van der Waals surface area contributed by atoms with Crippen molar-refractivity contribution in [1.82, 2.24) is 0 Å². The average molecular weight is 505 g/mol. The molecule has 14 heteroatoms. The van der Waals surface area contributed by atoms with E-state index in [1.165, 1.54) is 25.3 Å². The molecular formula is C17H13Cl2F3O8S. The monoisotopic (exact) mass is 504 g/mol. The van der Waals surface area contributed by atoms with E-state index in [4.69, 9.17) is 28.3 Å². The van der Waals surface area contributed by atoms with Gasteiger partial charge in [-0.05, 0) is 36.4 Å². The van der Waals surface area contributed by atoms with Crippen LogP contribution in [0.3, 0.4) is 0 Å². The first-order valence-electron chi connectivity index (χ1n) is 7.69. The van der Waals surface area contributed by atoms with Gasteiger partial charge in [-0.25, -0.2) is 9.59 Å². The molecule has 170 valence electrons. The summed E-state index contributed by atoms with van der Waals surface area (Å²) in [6.07, 6.45) is 0. The van der Waals surface area contributed by atoms with Crippen molar-refractivity contribution < 1.29 is 49.9 Å². The number of alkyl halides is 3. The van der Waals surface area contributed by atoms with Crippen molar-refractivity contribution in [2.45, 2.75) is 5.51 Å². The third-order valence-electron chi connectivity index (χ3n) is 3.20. The van der Waals surface area contributed by atoms with Gasteiger partial charge in [0.1, 0.15) is 5.75 Å². The Kier molecular flexibility index (Phi) is 8.97. The summed E-state index contributed by atoms with van der Waals surface area (Å²) in [5.41, 5.74) is -5.32. The van der Waals surface area contributed by atoms with Gasteiger partial charge < -0.3 is 18.8 Å². The minimum Gasteiger partial charge on any atom is -0.506 e. The lowest BCUT2D eigenvalue weighted by Crippen LogP contribution is -2.28. The highest BCUT2D eigenvalue weighted by atomic mass is 35.5. The summed E-state index contributed by atoms with van der Waals surface area (Å²) in [4.78, 5) is 22.0. The standard InChI is InChI=1S/C9H6ClF3O5S.C8H7ClO3/c1-17-8(14)5-2-3-7(6(10)4-5)18-19(15,16)9(11,12)13;1-12-8(11)5-2-3-7(10)6(9)4-5/h2-4H,1H3;2-4,10H,1H3. The molecule has 0 spiro atoms. The number of hydrogen-bond acceptors (Lipinski definition) is 8. The molecule has 0 fully saturated rings. The van der Waals surface area contributed by atoms with Gasteiger partial charge in [0.15, 0.2) is 5.75 Å². The van der Waals surface area contributed by atoms with E-state index >= 15 is 0 Å². The first kappa shape index (κ1) is 26.3. The van der Waals surface area contributed by atoms with Crippen molar-refractivity contribution in [2.75, 3.05) is 14.2 Å². The number of carbonyl (C=O) groups is 2. The predicted octanol–water partition coefficient (Wildman–Crippen LogP) is 4.19. The smallest absolute Gasteiger partial charge is 0.506 e. The largest absolute Gasteiger partial charge is 0.534 e. The molecule has 0 radical (unpaired) electrons. The Morgan fingerprint density at radius 3 is 1.74 bits per heavy atom. The van der Waals surface area contributed by atoms with Crippen molar-refractivity contribution in [3.05, 3.63) is 57.6 Å². The maximum absolute atomic E-state index is 12.1. The van der Waals surface area contributed by atoms with Crippen LogP contribution in [-0.2, 0) is 19.6 Å². The first-order valence-corrected chi connectivity index (χ1v) is 9.85. The summed E-state index contributed by atoms with van der Waals surface area (Å²) in [6.45, 7) is 0. The molecule has 0 amide bonds.